The van der Waals surface area contributed by atoms with Gasteiger partial charge in [0, 0.05) is 0 Å². The molecule has 1 aromatic rings. The van der Waals surface area contributed by atoms with E-state index >= 15 is 0 Å². The fraction of sp³-hybridized carbons (Fsp3) is 0.448. The molecular formula is C29H44. The molecule has 0 fully saturated rings. The molecule has 2 atom stereocenters. The highest BCUT2D eigenvalue weighted by Crippen LogP contribution is 2.42. The lowest BCUT2D eigenvalue weighted by molar-refractivity contribution is 0.439. The Kier molecular flexibility index (Phi) is 13.0. The molecule has 160 valence electrons. The van der Waals surface area contributed by atoms with E-state index in [0.29, 0.717) is 11.8 Å². The third-order valence-electron chi connectivity index (χ3n) is 5.56. The lowest BCUT2D eigenvalue weighted by Crippen LogP contribution is -2.19. The van der Waals surface area contributed by atoms with Crippen LogP contribution in [0.5, 0.6) is 0 Å². The molecule has 0 bridgehead atoms. The van der Waals surface area contributed by atoms with Crippen molar-refractivity contribution in [3.05, 3.63) is 83.0 Å². The van der Waals surface area contributed by atoms with Crippen molar-refractivity contribution in [3.63, 3.8) is 0 Å². The lowest BCUT2D eigenvalue weighted by Gasteiger charge is -2.32. The van der Waals surface area contributed by atoms with Crippen LogP contribution in [-0.4, -0.2) is 0 Å². The second-order valence-electron chi connectivity index (χ2n) is 7.35. The highest BCUT2D eigenvalue weighted by atomic mass is 14.3. The number of allylic oxidation sites excluding steroid dienone is 8. The van der Waals surface area contributed by atoms with Crippen LogP contribution in [0.2, 0.25) is 0 Å². The van der Waals surface area contributed by atoms with Crippen LogP contribution >= 0.6 is 0 Å². The Hall–Kier alpha value is -2.08. The van der Waals surface area contributed by atoms with Gasteiger partial charge in [-0.1, -0.05) is 107 Å². The lowest BCUT2D eigenvalue weighted by atomic mass is 9.72. The molecule has 0 saturated heterocycles. The molecule has 0 radical (unpaired) electrons. The first-order valence-electron chi connectivity index (χ1n) is 11.0. The summed E-state index contributed by atoms with van der Waals surface area (Å²) in [7, 11) is 0. The third-order valence-corrected chi connectivity index (χ3v) is 5.56. The summed E-state index contributed by atoms with van der Waals surface area (Å²) in [5, 5.41) is 0. The first kappa shape index (κ1) is 26.9. The predicted molar refractivity (Wildman–Crippen MR) is 136 cm³/mol. The largest absolute Gasteiger partial charge is 0.0908 e. The Morgan fingerprint density at radius 1 is 1.17 bits per heavy atom. The van der Waals surface area contributed by atoms with Gasteiger partial charge in [-0.05, 0) is 74.1 Å². The fourth-order valence-electron chi connectivity index (χ4n) is 3.88. The number of benzene rings is 1. The molecule has 1 aromatic carbocycles. The Labute approximate surface area is 181 Å². The minimum absolute atomic E-state index is 0. The minimum Gasteiger partial charge on any atom is -0.0908 e. The number of hydrogen-bond donors (Lipinski definition) is 0. The first-order chi connectivity index (χ1) is 13.5. The summed E-state index contributed by atoms with van der Waals surface area (Å²) in [4.78, 5) is 0. The van der Waals surface area contributed by atoms with E-state index in [4.69, 9.17) is 0 Å². The van der Waals surface area contributed by atoms with Gasteiger partial charge in [-0.15, -0.1) is 0 Å². The maximum Gasteiger partial charge on any atom is -0.00558 e. The van der Waals surface area contributed by atoms with Gasteiger partial charge in [-0.3, -0.25) is 0 Å². The summed E-state index contributed by atoms with van der Waals surface area (Å²) in [5.41, 5.74) is 8.01. The van der Waals surface area contributed by atoms with Crippen LogP contribution in [0.1, 0.15) is 86.3 Å². The van der Waals surface area contributed by atoms with E-state index < -0.39 is 0 Å². The van der Waals surface area contributed by atoms with E-state index in [1.54, 1.807) is 0 Å². The molecule has 0 spiro atoms. The van der Waals surface area contributed by atoms with E-state index in [1.165, 1.54) is 33.4 Å². The molecule has 0 aliphatic heterocycles. The van der Waals surface area contributed by atoms with Crippen molar-refractivity contribution in [3.8, 4) is 0 Å². The van der Waals surface area contributed by atoms with Gasteiger partial charge in [0.1, 0.15) is 0 Å². The molecule has 0 saturated carbocycles. The second kappa shape index (κ2) is 14.0. The Balaban J connectivity index is 0.00000253. The van der Waals surface area contributed by atoms with Crippen LogP contribution in [0.15, 0.2) is 71.9 Å². The van der Waals surface area contributed by atoms with Crippen molar-refractivity contribution in [2.24, 2.45) is 11.8 Å². The molecule has 0 amide bonds. The highest BCUT2D eigenvalue weighted by Gasteiger charge is 2.28. The average Bonchev–Trinajstić information content (AvgIpc) is 2.72. The molecule has 1 aliphatic carbocycles. The van der Waals surface area contributed by atoms with Crippen LogP contribution in [0.3, 0.4) is 0 Å². The van der Waals surface area contributed by atoms with E-state index in [-0.39, 0.29) is 7.43 Å². The normalized spacial score (nSPS) is 17.5. The van der Waals surface area contributed by atoms with Gasteiger partial charge in [0.2, 0.25) is 0 Å². The Morgan fingerprint density at radius 2 is 1.83 bits per heavy atom. The maximum atomic E-state index is 4.55. The Bertz CT molecular complexity index is 752. The first-order valence-corrected chi connectivity index (χ1v) is 11.0. The van der Waals surface area contributed by atoms with Crippen molar-refractivity contribution in [2.45, 2.75) is 75.2 Å². The topological polar surface area (TPSA) is 0 Å². The van der Waals surface area contributed by atoms with Gasteiger partial charge in [0.05, 0.1) is 0 Å². The average molecular weight is 393 g/mol. The van der Waals surface area contributed by atoms with Crippen LogP contribution in [0, 0.1) is 11.8 Å². The van der Waals surface area contributed by atoms with Gasteiger partial charge in [0.25, 0.3) is 0 Å². The van der Waals surface area contributed by atoms with E-state index in [0.717, 1.165) is 19.3 Å². The molecule has 0 N–H and O–H groups in total. The molecular weight excluding hydrogens is 348 g/mol. The van der Waals surface area contributed by atoms with Crippen LogP contribution < -0.4 is 0 Å². The van der Waals surface area contributed by atoms with Crippen LogP contribution in [-0.2, 0) is 0 Å². The third kappa shape index (κ3) is 7.03. The molecule has 0 heterocycles. The molecule has 0 heteroatoms. The monoisotopic (exact) mass is 392 g/mol. The van der Waals surface area contributed by atoms with Gasteiger partial charge in [-0.2, -0.15) is 0 Å². The summed E-state index contributed by atoms with van der Waals surface area (Å²) in [5.74, 6) is 1.08. The zero-order valence-corrected chi connectivity index (χ0v) is 19.2. The molecule has 2 rings (SSSR count). The Morgan fingerprint density at radius 3 is 2.41 bits per heavy atom. The van der Waals surface area contributed by atoms with Crippen molar-refractivity contribution >= 4 is 11.6 Å². The summed E-state index contributed by atoms with van der Waals surface area (Å²) < 4.78 is 0. The minimum atomic E-state index is 0. The molecule has 29 heavy (non-hydrogen) atoms. The van der Waals surface area contributed by atoms with Gasteiger partial charge < -0.3 is 0 Å². The molecule has 0 nitrogen and oxygen atoms in total. The van der Waals surface area contributed by atoms with E-state index in [2.05, 4.69) is 95.8 Å². The fourth-order valence-corrected chi connectivity index (χ4v) is 3.88. The number of hydrogen-bond acceptors (Lipinski definition) is 0. The summed E-state index contributed by atoms with van der Waals surface area (Å²) in [6.07, 6.45) is 14.8. The van der Waals surface area contributed by atoms with Crippen molar-refractivity contribution < 1.29 is 0 Å². The smallest absolute Gasteiger partial charge is 0.00558 e. The summed E-state index contributed by atoms with van der Waals surface area (Å²) in [6.45, 7) is 19.7. The van der Waals surface area contributed by atoms with Crippen molar-refractivity contribution in [1.82, 2.24) is 0 Å². The summed E-state index contributed by atoms with van der Waals surface area (Å²) in [6, 6.07) is 8.61. The van der Waals surface area contributed by atoms with Gasteiger partial charge in [0.15, 0.2) is 0 Å². The standard InChI is InChI=1S/C26H34.C2H6.CH4/c1-7-10-14-22(9-3)26-18-20(5)19(4)17-25(26)21(6)24-16-12-11-15-23(24)13-8-2;1-2;/h8,10-17,22,26H,6-7,9,18H2,1-5H3;1-2H3;1H4/b13-8-,14-10?;;. The zero-order valence-electron chi connectivity index (χ0n) is 19.2. The predicted octanol–water partition coefficient (Wildman–Crippen LogP) is 9.67. The number of rotatable bonds is 7. The van der Waals surface area contributed by atoms with E-state index in [9.17, 15) is 0 Å². The maximum absolute atomic E-state index is 4.55. The van der Waals surface area contributed by atoms with Crippen LogP contribution in [0.25, 0.3) is 11.6 Å². The van der Waals surface area contributed by atoms with Crippen molar-refractivity contribution in [1.29, 1.82) is 0 Å². The van der Waals surface area contributed by atoms with Crippen LogP contribution in [0.4, 0.5) is 0 Å². The van der Waals surface area contributed by atoms with Gasteiger partial charge in [-0.25, -0.2) is 0 Å². The molecule has 1 aliphatic rings. The highest BCUT2D eigenvalue weighted by molar-refractivity contribution is 5.84. The van der Waals surface area contributed by atoms with E-state index in [1.807, 2.05) is 13.8 Å². The summed E-state index contributed by atoms with van der Waals surface area (Å²) >= 11 is 0. The zero-order chi connectivity index (χ0) is 21.1. The molecule has 2 unspecified atom stereocenters. The van der Waals surface area contributed by atoms with Crippen molar-refractivity contribution in [2.75, 3.05) is 0 Å². The SMILES string of the molecule is C.C=C(C1=CC(C)=C(C)CC1C(C=CCC)CC)c1ccccc1/C=C\C.CC. The van der Waals surface area contributed by atoms with Gasteiger partial charge >= 0.3 is 0 Å². The second-order valence-corrected chi connectivity index (χ2v) is 7.35. The quantitative estimate of drug-likeness (QED) is 0.405. The molecule has 0 aromatic heterocycles.